The smallest absolute Gasteiger partial charge is 0.359 e. The van der Waals surface area contributed by atoms with E-state index in [4.69, 9.17) is 16.3 Å². The van der Waals surface area contributed by atoms with Crippen molar-refractivity contribution in [2.24, 2.45) is 0 Å². The van der Waals surface area contributed by atoms with Gasteiger partial charge in [0.25, 0.3) is 0 Å². The molecule has 0 aliphatic carbocycles. The number of carbonyl (C=O) groups excluding carboxylic acids is 2. The predicted octanol–water partition coefficient (Wildman–Crippen LogP) is 3.81. The van der Waals surface area contributed by atoms with Crippen molar-refractivity contribution in [1.29, 1.82) is 0 Å². The van der Waals surface area contributed by atoms with E-state index in [1.54, 1.807) is 31.7 Å². The summed E-state index contributed by atoms with van der Waals surface area (Å²) < 4.78 is 7.21. The zero-order valence-corrected chi connectivity index (χ0v) is 14.7. The van der Waals surface area contributed by atoms with Crippen molar-refractivity contribution in [3.63, 3.8) is 0 Å². The molecule has 0 N–H and O–H groups in total. The molecule has 0 radical (unpaired) electrons. The van der Waals surface area contributed by atoms with Crippen LogP contribution in [0, 0.1) is 6.92 Å². The Hall–Kier alpha value is -2.34. The van der Waals surface area contributed by atoms with E-state index in [1.807, 2.05) is 25.1 Å². The predicted molar refractivity (Wildman–Crippen MR) is 90.9 cm³/mol. The maximum Gasteiger partial charge on any atom is 0.359 e. The first-order valence-electron chi connectivity index (χ1n) is 7.55. The number of esters is 1. The largest absolute Gasteiger partial charge is 0.455 e. The summed E-state index contributed by atoms with van der Waals surface area (Å²) in [5.41, 5.74) is 2.54. The molecule has 1 amide bonds. The Morgan fingerprint density at radius 2 is 2.00 bits per heavy atom. The van der Waals surface area contributed by atoms with Crippen LogP contribution >= 0.6 is 11.6 Å². The maximum absolute atomic E-state index is 12.4. The summed E-state index contributed by atoms with van der Waals surface area (Å²) >= 11 is 5.77. The molecule has 3 rings (SSSR count). The van der Waals surface area contributed by atoms with Gasteiger partial charge in [0, 0.05) is 0 Å². The van der Waals surface area contributed by atoms with E-state index in [0.717, 1.165) is 16.9 Å². The molecule has 0 saturated heterocycles. The van der Waals surface area contributed by atoms with Crippen molar-refractivity contribution in [1.82, 2.24) is 9.55 Å². The van der Waals surface area contributed by atoms with Gasteiger partial charge in [-0.15, -0.1) is 0 Å². The number of carbonyl (C=O) groups is 2. The molecular weight excluding hydrogens is 330 g/mol. The number of para-hydroxylation sites is 1. The Labute approximate surface area is 145 Å². The minimum Gasteiger partial charge on any atom is -0.455 e. The lowest BCUT2D eigenvalue weighted by atomic mass is 10.1. The number of rotatable bonds is 1. The van der Waals surface area contributed by atoms with Gasteiger partial charge in [-0.2, -0.15) is 0 Å². The molecule has 1 aliphatic rings. The molecule has 1 aliphatic heterocycles. The molecule has 2 aromatic rings. The van der Waals surface area contributed by atoms with Crippen molar-refractivity contribution in [3.05, 3.63) is 41.5 Å². The number of nitrogens with zero attached hydrogens (tertiary/aromatic N) is 3. The molecular formula is C17H18ClN3O3. The highest BCUT2D eigenvalue weighted by atomic mass is 35.5. The van der Waals surface area contributed by atoms with Gasteiger partial charge in [0.2, 0.25) is 0 Å². The van der Waals surface area contributed by atoms with E-state index >= 15 is 0 Å². The molecule has 0 saturated carbocycles. The summed E-state index contributed by atoms with van der Waals surface area (Å²) in [6.07, 6.45) is 1.57. The third kappa shape index (κ3) is 2.78. The molecule has 0 bridgehead atoms. The van der Waals surface area contributed by atoms with Crippen molar-refractivity contribution in [3.8, 4) is 5.69 Å². The minimum atomic E-state index is -0.626. The van der Waals surface area contributed by atoms with Gasteiger partial charge in [-0.1, -0.05) is 12.1 Å². The van der Waals surface area contributed by atoms with Crippen LogP contribution in [0.1, 0.15) is 42.5 Å². The van der Waals surface area contributed by atoms with E-state index in [2.05, 4.69) is 4.98 Å². The third-order valence-corrected chi connectivity index (χ3v) is 3.93. The van der Waals surface area contributed by atoms with Gasteiger partial charge in [-0.05, 0) is 50.9 Å². The average molecular weight is 348 g/mol. The molecule has 24 heavy (non-hydrogen) atoms. The van der Waals surface area contributed by atoms with Crippen LogP contribution in [0.25, 0.3) is 5.69 Å². The first-order chi connectivity index (χ1) is 11.2. The number of ether oxygens (including phenoxy) is 1. The van der Waals surface area contributed by atoms with E-state index in [-0.39, 0.29) is 12.2 Å². The summed E-state index contributed by atoms with van der Waals surface area (Å²) in [5.74, 6) is -0.519. The minimum absolute atomic E-state index is 0.161. The Kier molecular flexibility index (Phi) is 3.87. The first-order valence-corrected chi connectivity index (χ1v) is 7.93. The molecule has 1 aromatic carbocycles. The highest BCUT2D eigenvalue weighted by Crippen LogP contribution is 2.36. The standard InChI is InChI=1S/C17H18ClN3O3/c1-10-6-5-7-11-14(10)20(16(18)23)8-12-13(19-9-21(11)12)15(22)24-17(2,3)4/h5-7,9H,8H2,1-4H3. The number of anilines is 1. The second kappa shape index (κ2) is 5.63. The Bertz CT molecular complexity index is 836. The number of benzene rings is 1. The zero-order chi connectivity index (χ0) is 17.6. The Morgan fingerprint density at radius 1 is 1.29 bits per heavy atom. The molecule has 6 nitrogen and oxygen atoms in total. The second-order valence-corrected chi connectivity index (χ2v) is 7.02. The molecule has 1 aromatic heterocycles. The topological polar surface area (TPSA) is 64.4 Å². The zero-order valence-electron chi connectivity index (χ0n) is 14.0. The van der Waals surface area contributed by atoms with Crippen LogP contribution in [0.3, 0.4) is 0 Å². The summed E-state index contributed by atoms with van der Waals surface area (Å²) in [6, 6.07) is 5.65. The number of hydrogen-bond donors (Lipinski definition) is 0. The van der Waals surface area contributed by atoms with Gasteiger partial charge in [-0.3, -0.25) is 14.3 Å². The molecule has 7 heteroatoms. The van der Waals surface area contributed by atoms with Crippen molar-refractivity contribution in [2.45, 2.75) is 39.8 Å². The highest BCUT2D eigenvalue weighted by Gasteiger charge is 2.32. The average Bonchev–Trinajstić information content (AvgIpc) is 2.88. The number of aromatic nitrogens is 2. The van der Waals surface area contributed by atoms with E-state index in [1.165, 1.54) is 4.90 Å². The van der Waals surface area contributed by atoms with Crippen molar-refractivity contribution < 1.29 is 14.3 Å². The van der Waals surface area contributed by atoms with Gasteiger partial charge in [0.05, 0.1) is 23.6 Å². The number of hydrogen-bond acceptors (Lipinski definition) is 4. The number of fused-ring (bicyclic) bond motifs is 3. The SMILES string of the molecule is Cc1cccc2c1N(C(=O)Cl)Cc1c(C(=O)OC(C)(C)C)ncn1-2. The Balaban J connectivity index is 2.13. The van der Waals surface area contributed by atoms with Gasteiger partial charge in [-0.25, -0.2) is 9.78 Å². The van der Waals surface area contributed by atoms with Crippen LogP contribution in [0.15, 0.2) is 24.5 Å². The van der Waals surface area contributed by atoms with Crippen LogP contribution in [0.2, 0.25) is 0 Å². The van der Waals surface area contributed by atoms with E-state index < -0.39 is 16.9 Å². The monoisotopic (exact) mass is 347 g/mol. The third-order valence-electron chi connectivity index (χ3n) is 3.72. The molecule has 0 spiro atoms. The number of imidazole rings is 1. The van der Waals surface area contributed by atoms with E-state index in [0.29, 0.717) is 5.69 Å². The maximum atomic E-state index is 12.4. The van der Waals surface area contributed by atoms with Crippen LogP contribution < -0.4 is 4.90 Å². The number of halogens is 1. The lowest BCUT2D eigenvalue weighted by Gasteiger charge is -2.30. The fourth-order valence-electron chi connectivity index (χ4n) is 2.80. The van der Waals surface area contributed by atoms with Crippen LogP contribution in [0.4, 0.5) is 10.5 Å². The van der Waals surface area contributed by atoms with Crippen molar-refractivity contribution in [2.75, 3.05) is 4.90 Å². The van der Waals surface area contributed by atoms with Crippen LogP contribution in [0.5, 0.6) is 0 Å². The molecule has 0 fully saturated rings. The normalized spacial score (nSPS) is 13.3. The summed E-state index contributed by atoms with van der Waals surface area (Å²) in [7, 11) is 0. The number of amides is 1. The van der Waals surface area contributed by atoms with Crippen molar-refractivity contribution >= 4 is 28.6 Å². The summed E-state index contributed by atoms with van der Waals surface area (Å²) in [6.45, 7) is 7.44. The van der Waals surface area contributed by atoms with Gasteiger partial charge < -0.3 is 4.74 Å². The lowest BCUT2D eigenvalue weighted by Crippen LogP contribution is -2.33. The molecule has 2 heterocycles. The second-order valence-electron chi connectivity index (χ2n) is 6.69. The quantitative estimate of drug-likeness (QED) is 0.447. The summed E-state index contributed by atoms with van der Waals surface area (Å²) in [4.78, 5) is 30.0. The van der Waals surface area contributed by atoms with Gasteiger partial charge >= 0.3 is 11.3 Å². The van der Waals surface area contributed by atoms with E-state index in [9.17, 15) is 9.59 Å². The highest BCUT2D eigenvalue weighted by molar-refractivity contribution is 6.66. The fraction of sp³-hybridized carbons (Fsp3) is 0.353. The van der Waals surface area contributed by atoms with Gasteiger partial charge in [0.15, 0.2) is 5.69 Å². The van der Waals surface area contributed by atoms with Crippen LogP contribution in [-0.4, -0.2) is 26.5 Å². The molecule has 0 atom stereocenters. The number of aryl methyl sites for hydroxylation is 1. The van der Waals surface area contributed by atoms with Gasteiger partial charge in [0.1, 0.15) is 11.9 Å². The summed E-state index contributed by atoms with van der Waals surface area (Å²) in [5, 5.41) is -0.604. The molecule has 0 unspecified atom stereocenters. The molecule has 126 valence electrons. The Morgan fingerprint density at radius 3 is 2.62 bits per heavy atom. The van der Waals surface area contributed by atoms with Crippen LogP contribution in [-0.2, 0) is 11.3 Å². The first kappa shape index (κ1) is 16.5. The lowest BCUT2D eigenvalue weighted by molar-refractivity contribution is 0.00620. The fourth-order valence-corrected chi connectivity index (χ4v) is 2.94.